The van der Waals surface area contributed by atoms with Crippen LogP contribution in [0.3, 0.4) is 0 Å². The van der Waals surface area contributed by atoms with Crippen molar-refractivity contribution < 1.29 is 4.74 Å². The van der Waals surface area contributed by atoms with Crippen LogP contribution in [0.5, 0.6) is 5.75 Å². The summed E-state index contributed by atoms with van der Waals surface area (Å²) in [6, 6.07) is 14.7. The molecule has 4 heteroatoms. The fourth-order valence-electron chi connectivity index (χ4n) is 3.65. The van der Waals surface area contributed by atoms with Gasteiger partial charge in [0.25, 0.3) is 0 Å². The first-order valence-corrected chi connectivity index (χ1v) is 8.70. The van der Waals surface area contributed by atoms with Crippen molar-refractivity contribution in [3.8, 4) is 5.75 Å². The van der Waals surface area contributed by atoms with Gasteiger partial charge in [0.05, 0.1) is 6.61 Å². The Labute approximate surface area is 142 Å². The average molecular weight is 321 g/mol. The molecule has 2 aromatic rings. The maximum absolute atomic E-state index is 6.10. The van der Waals surface area contributed by atoms with E-state index in [1.54, 1.807) is 0 Å². The fraction of sp³-hybridized carbons (Fsp3) is 0.350. The second-order valence-corrected chi connectivity index (χ2v) is 6.56. The summed E-state index contributed by atoms with van der Waals surface area (Å²) in [4.78, 5) is 4.56. The van der Waals surface area contributed by atoms with Gasteiger partial charge in [0.15, 0.2) is 5.96 Å². The van der Waals surface area contributed by atoms with Crippen LogP contribution in [-0.2, 0) is 12.8 Å². The van der Waals surface area contributed by atoms with Crippen LogP contribution in [0.15, 0.2) is 47.5 Å². The van der Waals surface area contributed by atoms with Gasteiger partial charge in [-0.25, -0.2) is 0 Å². The Kier molecular flexibility index (Phi) is 4.11. The fourth-order valence-corrected chi connectivity index (χ4v) is 3.65. The minimum absolute atomic E-state index is 0.371. The SMILES string of the molecule is NC(=NCC1CCOc2ccccc21)Nc1ccc2c(c1)CCC2. The Morgan fingerprint density at radius 1 is 1.17 bits per heavy atom. The van der Waals surface area contributed by atoms with Gasteiger partial charge < -0.3 is 15.8 Å². The van der Waals surface area contributed by atoms with E-state index >= 15 is 0 Å². The summed E-state index contributed by atoms with van der Waals surface area (Å²) in [6.45, 7) is 1.43. The number of nitrogens with two attached hydrogens (primary N) is 1. The summed E-state index contributed by atoms with van der Waals surface area (Å²) >= 11 is 0. The van der Waals surface area contributed by atoms with Gasteiger partial charge in [0.2, 0.25) is 0 Å². The number of aryl methyl sites for hydroxylation is 2. The molecule has 0 aromatic heterocycles. The lowest BCUT2D eigenvalue weighted by Crippen LogP contribution is -2.24. The predicted octanol–water partition coefficient (Wildman–Crippen LogP) is 3.47. The molecular formula is C20H23N3O. The molecule has 0 saturated heterocycles. The van der Waals surface area contributed by atoms with E-state index in [0.717, 1.165) is 24.5 Å². The van der Waals surface area contributed by atoms with Crippen molar-refractivity contribution in [3.63, 3.8) is 0 Å². The van der Waals surface area contributed by atoms with Gasteiger partial charge in [-0.2, -0.15) is 0 Å². The van der Waals surface area contributed by atoms with Crippen molar-refractivity contribution in [2.24, 2.45) is 10.7 Å². The van der Waals surface area contributed by atoms with Crippen LogP contribution >= 0.6 is 0 Å². The number of nitrogens with zero attached hydrogens (tertiary/aromatic N) is 1. The molecule has 1 unspecified atom stereocenters. The van der Waals surface area contributed by atoms with E-state index in [1.165, 1.54) is 36.0 Å². The Bertz CT molecular complexity index is 769. The molecule has 1 aliphatic carbocycles. The number of guanidine groups is 1. The molecule has 0 spiro atoms. The maximum atomic E-state index is 6.10. The number of aliphatic imine (C=N–C) groups is 1. The summed E-state index contributed by atoms with van der Waals surface area (Å²) in [5, 5.41) is 3.23. The Morgan fingerprint density at radius 3 is 3.00 bits per heavy atom. The lowest BCUT2D eigenvalue weighted by molar-refractivity contribution is 0.269. The molecule has 0 fully saturated rings. The molecular weight excluding hydrogens is 298 g/mol. The van der Waals surface area contributed by atoms with Crippen LogP contribution in [0.2, 0.25) is 0 Å². The third kappa shape index (κ3) is 3.09. The number of ether oxygens (including phenoxy) is 1. The van der Waals surface area contributed by atoms with Crippen LogP contribution in [-0.4, -0.2) is 19.1 Å². The monoisotopic (exact) mass is 321 g/mol. The third-order valence-electron chi connectivity index (χ3n) is 4.94. The Hall–Kier alpha value is -2.49. The van der Waals surface area contributed by atoms with Gasteiger partial charge >= 0.3 is 0 Å². The largest absolute Gasteiger partial charge is 0.493 e. The van der Waals surface area contributed by atoms with Crippen molar-refractivity contribution in [1.29, 1.82) is 0 Å². The van der Waals surface area contributed by atoms with Crippen LogP contribution < -0.4 is 15.8 Å². The zero-order valence-corrected chi connectivity index (χ0v) is 13.8. The Morgan fingerprint density at radius 2 is 2.04 bits per heavy atom. The number of anilines is 1. The van der Waals surface area contributed by atoms with Crippen LogP contribution in [0.25, 0.3) is 0 Å². The lowest BCUT2D eigenvalue weighted by atomic mass is 9.93. The van der Waals surface area contributed by atoms with Crippen molar-refractivity contribution in [2.45, 2.75) is 31.6 Å². The standard InChI is InChI=1S/C20H23N3O/c21-20(23-17-9-8-14-4-3-5-15(14)12-17)22-13-16-10-11-24-19-7-2-1-6-18(16)19/h1-2,6-9,12,16H,3-5,10-11,13H2,(H3,21,22,23). The van der Waals surface area contributed by atoms with Gasteiger partial charge in [-0.1, -0.05) is 24.3 Å². The molecule has 1 atom stereocenters. The summed E-state index contributed by atoms with van der Waals surface area (Å²) in [7, 11) is 0. The summed E-state index contributed by atoms with van der Waals surface area (Å²) in [5.74, 6) is 1.83. The van der Waals surface area contributed by atoms with Crippen LogP contribution in [0.1, 0.15) is 35.4 Å². The highest BCUT2D eigenvalue weighted by atomic mass is 16.5. The van der Waals surface area contributed by atoms with E-state index in [9.17, 15) is 0 Å². The first kappa shape index (κ1) is 15.1. The molecule has 1 heterocycles. The summed E-state index contributed by atoms with van der Waals surface area (Å²) in [5.41, 5.74) is 11.3. The van der Waals surface area contributed by atoms with Gasteiger partial charge in [-0.15, -0.1) is 0 Å². The maximum Gasteiger partial charge on any atom is 0.193 e. The molecule has 0 saturated carbocycles. The highest BCUT2D eigenvalue weighted by Gasteiger charge is 2.20. The van der Waals surface area contributed by atoms with Gasteiger partial charge in [0, 0.05) is 18.2 Å². The molecule has 2 aliphatic rings. The first-order chi connectivity index (χ1) is 11.8. The second-order valence-electron chi connectivity index (χ2n) is 6.56. The number of benzene rings is 2. The molecule has 4 rings (SSSR count). The molecule has 2 aromatic carbocycles. The van der Waals surface area contributed by atoms with E-state index in [4.69, 9.17) is 10.5 Å². The zero-order valence-electron chi connectivity index (χ0n) is 13.8. The van der Waals surface area contributed by atoms with E-state index in [1.807, 2.05) is 12.1 Å². The summed E-state index contributed by atoms with van der Waals surface area (Å²) in [6.07, 6.45) is 4.60. The molecule has 124 valence electrons. The predicted molar refractivity (Wildman–Crippen MR) is 97.9 cm³/mol. The van der Waals surface area contributed by atoms with Crippen LogP contribution in [0, 0.1) is 0 Å². The highest BCUT2D eigenvalue weighted by molar-refractivity contribution is 5.92. The number of hydrogen-bond acceptors (Lipinski definition) is 2. The first-order valence-electron chi connectivity index (χ1n) is 8.70. The number of para-hydroxylation sites is 1. The van der Waals surface area contributed by atoms with Crippen molar-refractivity contribution >= 4 is 11.6 Å². The average Bonchev–Trinajstić information content (AvgIpc) is 3.07. The third-order valence-corrected chi connectivity index (χ3v) is 4.94. The molecule has 4 nitrogen and oxygen atoms in total. The highest BCUT2D eigenvalue weighted by Crippen LogP contribution is 2.33. The van der Waals surface area contributed by atoms with Crippen molar-refractivity contribution in [2.75, 3.05) is 18.5 Å². The second kappa shape index (κ2) is 6.56. The molecule has 0 radical (unpaired) electrons. The number of rotatable bonds is 3. The zero-order chi connectivity index (χ0) is 16.4. The number of hydrogen-bond donors (Lipinski definition) is 2. The van der Waals surface area contributed by atoms with E-state index < -0.39 is 0 Å². The van der Waals surface area contributed by atoms with Crippen LogP contribution in [0.4, 0.5) is 5.69 Å². The number of nitrogens with one attached hydrogen (secondary N) is 1. The van der Waals surface area contributed by atoms with Crippen molar-refractivity contribution in [1.82, 2.24) is 0 Å². The molecule has 1 aliphatic heterocycles. The topological polar surface area (TPSA) is 59.6 Å². The minimum atomic E-state index is 0.371. The molecule has 0 amide bonds. The van der Waals surface area contributed by atoms with Crippen molar-refractivity contribution in [3.05, 3.63) is 59.2 Å². The smallest absolute Gasteiger partial charge is 0.193 e. The quantitative estimate of drug-likeness (QED) is 0.672. The van der Waals surface area contributed by atoms with E-state index in [0.29, 0.717) is 18.4 Å². The van der Waals surface area contributed by atoms with Gasteiger partial charge in [-0.3, -0.25) is 4.99 Å². The lowest BCUT2D eigenvalue weighted by Gasteiger charge is -2.24. The normalized spacial score (nSPS) is 19.3. The molecule has 0 bridgehead atoms. The molecule has 24 heavy (non-hydrogen) atoms. The van der Waals surface area contributed by atoms with Gasteiger partial charge in [0.1, 0.15) is 5.75 Å². The molecule has 3 N–H and O–H groups in total. The van der Waals surface area contributed by atoms with Gasteiger partial charge in [-0.05, 0) is 60.6 Å². The minimum Gasteiger partial charge on any atom is -0.493 e. The van der Waals surface area contributed by atoms with E-state index in [2.05, 4.69) is 40.6 Å². The Balaban J connectivity index is 1.43. The number of fused-ring (bicyclic) bond motifs is 2. The van der Waals surface area contributed by atoms with E-state index in [-0.39, 0.29) is 0 Å². The summed E-state index contributed by atoms with van der Waals surface area (Å²) < 4.78 is 5.70.